The lowest BCUT2D eigenvalue weighted by molar-refractivity contribution is -0.138. The second-order valence-electron chi connectivity index (χ2n) is 1.95. The highest BCUT2D eigenvalue weighted by molar-refractivity contribution is 6.30. The number of hydrogen-bond donors (Lipinski definition) is 1. The molecule has 1 atom stereocenters. The predicted octanol–water partition coefficient (Wildman–Crippen LogP) is 1.29. The SMILES string of the molecule is C[C@H](Cl)C(=O)NCC(F)(F)F. The van der Waals surface area contributed by atoms with Crippen molar-refractivity contribution in [3.63, 3.8) is 0 Å². The van der Waals surface area contributed by atoms with Crippen LogP contribution in [0.15, 0.2) is 0 Å². The molecule has 66 valence electrons. The van der Waals surface area contributed by atoms with Gasteiger partial charge in [0.2, 0.25) is 5.91 Å². The first kappa shape index (κ1) is 10.6. The van der Waals surface area contributed by atoms with Crippen molar-refractivity contribution in [1.82, 2.24) is 5.32 Å². The lowest BCUT2D eigenvalue weighted by Gasteiger charge is -2.08. The molecule has 0 heterocycles. The molecule has 6 heteroatoms. The monoisotopic (exact) mass is 189 g/mol. The molecule has 0 radical (unpaired) electrons. The van der Waals surface area contributed by atoms with Crippen molar-refractivity contribution in [3.8, 4) is 0 Å². The Morgan fingerprint density at radius 3 is 2.36 bits per heavy atom. The molecule has 0 aromatic heterocycles. The minimum absolute atomic E-state index is 0.816. The highest BCUT2D eigenvalue weighted by atomic mass is 35.5. The minimum atomic E-state index is -4.37. The molecule has 0 bridgehead atoms. The molecule has 0 fully saturated rings. The van der Waals surface area contributed by atoms with E-state index in [9.17, 15) is 18.0 Å². The molecule has 0 saturated carbocycles. The van der Waals surface area contributed by atoms with Gasteiger partial charge >= 0.3 is 6.18 Å². The number of nitrogens with one attached hydrogen (secondary N) is 1. The summed E-state index contributed by atoms with van der Waals surface area (Å²) in [6.07, 6.45) is -4.37. The Hall–Kier alpha value is -0.450. The maximum absolute atomic E-state index is 11.4. The van der Waals surface area contributed by atoms with Gasteiger partial charge in [-0.2, -0.15) is 13.2 Å². The van der Waals surface area contributed by atoms with Gasteiger partial charge in [-0.25, -0.2) is 0 Å². The quantitative estimate of drug-likeness (QED) is 0.652. The molecule has 0 aliphatic rings. The molecule has 11 heavy (non-hydrogen) atoms. The van der Waals surface area contributed by atoms with E-state index in [0.717, 1.165) is 0 Å². The molecular weight excluding hydrogens is 183 g/mol. The molecule has 0 aliphatic carbocycles. The van der Waals surface area contributed by atoms with Crippen molar-refractivity contribution in [1.29, 1.82) is 0 Å². The highest BCUT2D eigenvalue weighted by Crippen LogP contribution is 2.12. The summed E-state index contributed by atoms with van der Waals surface area (Å²) in [5.41, 5.74) is 0. The Kier molecular flexibility index (Phi) is 3.65. The zero-order valence-electron chi connectivity index (χ0n) is 5.70. The van der Waals surface area contributed by atoms with Crippen LogP contribution >= 0.6 is 11.6 Å². The lowest BCUT2D eigenvalue weighted by atomic mass is 10.4. The topological polar surface area (TPSA) is 29.1 Å². The molecule has 0 saturated heterocycles. The van der Waals surface area contributed by atoms with Crippen LogP contribution in [0.25, 0.3) is 0 Å². The third kappa shape index (κ3) is 5.97. The van der Waals surface area contributed by atoms with E-state index < -0.39 is 24.0 Å². The van der Waals surface area contributed by atoms with Crippen LogP contribution in [-0.4, -0.2) is 24.0 Å². The van der Waals surface area contributed by atoms with Crippen LogP contribution < -0.4 is 5.32 Å². The van der Waals surface area contributed by atoms with Crippen LogP contribution in [-0.2, 0) is 4.79 Å². The van der Waals surface area contributed by atoms with E-state index >= 15 is 0 Å². The van der Waals surface area contributed by atoms with Gasteiger partial charge < -0.3 is 5.32 Å². The smallest absolute Gasteiger partial charge is 0.346 e. The first-order valence-electron chi connectivity index (χ1n) is 2.81. The Morgan fingerprint density at radius 1 is 1.64 bits per heavy atom. The van der Waals surface area contributed by atoms with Crippen LogP contribution in [0.4, 0.5) is 13.2 Å². The molecule has 0 unspecified atom stereocenters. The summed E-state index contributed by atoms with van der Waals surface area (Å²) in [6.45, 7) is -0.0316. The van der Waals surface area contributed by atoms with Gasteiger partial charge in [-0.1, -0.05) is 0 Å². The summed E-state index contributed by atoms with van der Waals surface area (Å²) in [5, 5.41) is 0.693. The fourth-order valence-corrected chi connectivity index (χ4v) is 0.405. The van der Waals surface area contributed by atoms with Crippen molar-refractivity contribution in [2.75, 3.05) is 6.54 Å². The van der Waals surface area contributed by atoms with Crippen molar-refractivity contribution < 1.29 is 18.0 Å². The largest absolute Gasteiger partial charge is 0.405 e. The molecule has 0 aliphatic heterocycles. The maximum Gasteiger partial charge on any atom is 0.405 e. The maximum atomic E-state index is 11.4. The summed E-state index contributed by atoms with van der Waals surface area (Å²) in [4.78, 5) is 10.4. The van der Waals surface area contributed by atoms with Gasteiger partial charge in [-0.15, -0.1) is 11.6 Å². The Labute approximate surface area is 66.7 Å². The van der Waals surface area contributed by atoms with E-state index in [-0.39, 0.29) is 0 Å². The predicted molar refractivity (Wildman–Crippen MR) is 34.4 cm³/mol. The Bertz CT molecular complexity index is 145. The van der Waals surface area contributed by atoms with E-state index in [1.54, 1.807) is 5.32 Å². The van der Waals surface area contributed by atoms with E-state index in [2.05, 4.69) is 0 Å². The average molecular weight is 190 g/mol. The second-order valence-corrected chi connectivity index (χ2v) is 2.60. The summed E-state index contributed by atoms with van der Waals surface area (Å²) in [7, 11) is 0. The highest BCUT2D eigenvalue weighted by Gasteiger charge is 2.28. The number of rotatable bonds is 2. The van der Waals surface area contributed by atoms with Crippen molar-refractivity contribution in [2.24, 2.45) is 0 Å². The first-order chi connectivity index (χ1) is 4.83. The molecule has 0 aromatic carbocycles. The van der Waals surface area contributed by atoms with E-state index in [0.29, 0.717) is 0 Å². The summed E-state index contributed by atoms with van der Waals surface area (Å²) in [6, 6.07) is 0. The van der Waals surface area contributed by atoms with E-state index in [1.807, 2.05) is 0 Å². The zero-order chi connectivity index (χ0) is 9.07. The van der Waals surface area contributed by atoms with E-state index in [4.69, 9.17) is 11.6 Å². The third-order valence-corrected chi connectivity index (χ3v) is 1.02. The van der Waals surface area contributed by atoms with Crippen molar-refractivity contribution in [3.05, 3.63) is 0 Å². The van der Waals surface area contributed by atoms with E-state index in [1.165, 1.54) is 6.92 Å². The average Bonchev–Trinajstić information content (AvgIpc) is 1.80. The van der Waals surface area contributed by atoms with Crippen LogP contribution in [0.2, 0.25) is 0 Å². The number of alkyl halides is 4. The van der Waals surface area contributed by atoms with Gasteiger partial charge in [0.1, 0.15) is 11.9 Å². The van der Waals surface area contributed by atoms with Crippen molar-refractivity contribution in [2.45, 2.75) is 18.5 Å². The zero-order valence-corrected chi connectivity index (χ0v) is 6.46. The number of carbonyl (C=O) groups is 1. The minimum Gasteiger partial charge on any atom is -0.346 e. The van der Waals surface area contributed by atoms with Crippen LogP contribution in [0, 0.1) is 0 Å². The third-order valence-electron chi connectivity index (χ3n) is 0.824. The number of amides is 1. The molecule has 1 N–H and O–H groups in total. The normalized spacial score (nSPS) is 14.3. The lowest BCUT2D eigenvalue weighted by Crippen LogP contribution is -2.37. The van der Waals surface area contributed by atoms with Gasteiger partial charge in [0.15, 0.2) is 0 Å². The fourth-order valence-electron chi connectivity index (χ4n) is 0.328. The molecule has 0 aromatic rings. The van der Waals surface area contributed by atoms with Crippen LogP contribution in [0.3, 0.4) is 0 Å². The number of carbonyl (C=O) groups excluding carboxylic acids is 1. The van der Waals surface area contributed by atoms with Gasteiger partial charge in [-0.05, 0) is 6.92 Å². The Balaban J connectivity index is 3.64. The van der Waals surface area contributed by atoms with Gasteiger partial charge in [0, 0.05) is 0 Å². The second kappa shape index (κ2) is 3.80. The van der Waals surface area contributed by atoms with Crippen LogP contribution in [0.5, 0.6) is 0 Å². The van der Waals surface area contributed by atoms with Crippen molar-refractivity contribution >= 4 is 17.5 Å². The Morgan fingerprint density at radius 2 is 2.09 bits per heavy atom. The molecule has 2 nitrogen and oxygen atoms in total. The first-order valence-corrected chi connectivity index (χ1v) is 3.25. The number of halogens is 4. The number of hydrogen-bond acceptors (Lipinski definition) is 1. The van der Waals surface area contributed by atoms with Gasteiger partial charge in [-0.3, -0.25) is 4.79 Å². The standard InChI is InChI=1S/C5H7ClF3NO/c1-3(6)4(11)10-2-5(7,8)9/h3H,2H2,1H3,(H,10,11)/t3-/m0/s1. The summed E-state index contributed by atoms with van der Waals surface area (Å²) >= 11 is 5.18. The van der Waals surface area contributed by atoms with Gasteiger partial charge in [0.25, 0.3) is 0 Å². The fraction of sp³-hybridized carbons (Fsp3) is 0.800. The van der Waals surface area contributed by atoms with Gasteiger partial charge in [0.05, 0.1) is 0 Å². The molecule has 0 rings (SSSR count). The molecule has 0 spiro atoms. The summed E-state index contributed by atoms with van der Waals surface area (Å²) in [5.74, 6) is -0.816. The van der Waals surface area contributed by atoms with Crippen LogP contribution in [0.1, 0.15) is 6.92 Å². The molecular formula is C5H7ClF3NO. The molecule has 1 amide bonds. The summed E-state index contributed by atoms with van der Waals surface area (Å²) < 4.78 is 34.3.